The zero-order chi connectivity index (χ0) is 11.6. The molecule has 0 saturated carbocycles. The Bertz CT molecular complexity index is 361. The van der Waals surface area contributed by atoms with Crippen LogP contribution in [0, 0.1) is 0 Å². The first-order valence-electron chi connectivity index (χ1n) is 5.69. The van der Waals surface area contributed by atoms with Gasteiger partial charge in [-0.3, -0.25) is 0 Å². The highest BCUT2D eigenvalue weighted by molar-refractivity contribution is 8.00. The van der Waals surface area contributed by atoms with Gasteiger partial charge >= 0.3 is 0 Å². The Hall–Kier alpha value is -0.670. The number of thioether (sulfide) groups is 1. The van der Waals surface area contributed by atoms with E-state index in [-0.39, 0.29) is 10.8 Å². The molecule has 2 nitrogen and oxygen atoms in total. The molecule has 1 heterocycles. The van der Waals surface area contributed by atoms with Crippen LogP contribution in [0.1, 0.15) is 31.4 Å². The van der Waals surface area contributed by atoms with Gasteiger partial charge in [-0.15, -0.1) is 0 Å². The predicted octanol–water partition coefficient (Wildman–Crippen LogP) is 2.98. The Morgan fingerprint density at radius 3 is 2.94 bits per heavy atom. The Balaban J connectivity index is 2.22. The minimum atomic E-state index is 0.0927. The fourth-order valence-electron chi connectivity index (χ4n) is 2.23. The van der Waals surface area contributed by atoms with E-state index in [1.165, 1.54) is 24.2 Å². The Morgan fingerprint density at radius 2 is 2.31 bits per heavy atom. The van der Waals surface area contributed by atoms with E-state index < -0.39 is 0 Å². The Labute approximate surface area is 102 Å². The average molecular weight is 237 g/mol. The average Bonchev–Trinajstić information content (AvgIpc) is 2.76. The van der Waals surface area contributed by atoms with E-state index >= 15 is 0 Å². The van der Waals surface area contributed by atoms with Gasteiger partial charge in [0.2, 0.25) is 0 Å². The number of ether oxygens (including phenoxy) is 1. The predicted molar refractivity (Wildman–Crippen MR) is 70.0 cm³/mol. The summed E-state index contributed by atoms with van der Waals surface area (Å²) in [6, 6.07) is 8.21. The highest BCUT2D eigenvalue weighted by Crippen LogP contribution is 2.45. The molecule has 3 heteroatoms. The van der Waals surface area contributed by atoms with Gasteiger partial charge < -0.3 is 10.5 Å². The maximum atomic E-state index is 6.38. The number of benzene rings is 1. The smallest absolute Gasteiger partial charge is 0.119 e. The number of hydrogen-bond acceptors (Lipinski definition) is 3. The second kappa shape index (κ2) is 4.68. The molecule has 0 aromatic heterocycles. The molecule has 1 aliphatic heterocycles. The molecule has 2 rings (SSSR count). The molecule has 0 amide bonds. The summed E-state index contributed by atoms with van der Waals surface area (Å²) in [7, 11) is 1.69. The van der Waals surface area contributed by atoms with Gasteiger partial charge in [0.15, 0.2) is 0 Å². The summed E-state index contributed by atoms with van der Waals surface area (Å²) < 4.78 is 5.43. The third kappa shape index (κ3) is 2.20. The molecule has 0 spiro atoms. The topological polar surface area (TPSA) is 35.2 Å². The first-order chi connectivity index (χ1) is 7.65. The molecule has 88 valence electrons. The summed E-state index contributed by atoms with van der Waals surface area (Å²) in [6.07, 6.45) is 2.48. The van der Waals surface area contributed by atoms with Crippen molar-refractivity contribution in [2.75, 3.05) is 12.9 Å². The van der Waals surface area contributed by atoms with E-state index in [0.29, 0.717) is 0 Å². The summed E-state index contributed by atoms with van der Waals surface area (Å²) in [4.78, 5) is 0. The number of rotatable bonds is 3. The summed E-state index contributed by atoms with van der Waals surface area (Å²) in [5.74, 6) is 2.12. The van der Waals surface area contributed by atoms with Gasteiger partial charge in [0.1, 0.15) is 5.75 Å². The van der Waals surface area contributed by atoms with Crippen LogP contribution in [0.4, 0.5) is 0 Å². The van der Waals surface area contributed by atoms with E-state index in [9.17, 15) is 0 Å². The van der Waals surface area contributed by atoms with E-state index in [2.05, 4.69) is 19.1 Å². The number of methoxy groups -OCH3 is 1. The van der Waals surface area contributed by atoms with Crippen LogP contribution in [-0.4, -0.2) is 17.6 Å². The van der Waals surface area contributed by atoms with Gasteiger partial charge in [-0.25, -0.2) is 0 Å². The maximum Gasteiger partial charge on any atom is 0.119 e. The van der Waals surface area contributed by atoms with Crippen molar-refractivity contribution in [3.63, 3.8) is 0 Å². The minimum absolute atomic E-state index is 0.0927. The fourth-order valence-corrected chi connectivity index (χ4v) is 3.59. The molecule has 1 fully saturated rings. The van der Waals surface area contributed by atoms with Crippen molar-refractivity contribution < 1.29 is 4.74 Å². The maximum absolute atomic E-state index is 6.38. The first-order valence-corrected chi connectivity index (χ1v) is 6.68. The van der Waals surface area contributed by atoms with Gasteiger partial charge in [0.05, 0.1) is 7.11 Å². The zero-order valence-electron chi connectivity index (χ0n) is 9.90. The molecule has 0 radical (unpaired) electrons. The summed E-state index contributed by atoms with van der Waals surface area (Å²) in [5, 5.41) is 0. The molecule has 0 bridgehead atoms. The third-order valence-corrected chi connectivity index (χ3v) is 4.97. The van der Waals surface area contributed by atoms with E-state index in [1.54, 1.807) is 7.11 Å². The largest absolute Gasteiger partial charge is 0.497 e. The van der Waals surface area contributed by atoms with Crippen molar-refractivity contribution in [1.82, 2.24) is 0 Å². The van der Waals surface area contributed by atoms with Crippen LogP contribution in [-0.2, 0) is 0 Å². The molecule has 1 aliphatic rings. The van der Waals surface area contributed by atoms with Gasteiger partial charge in [0.25, 0.3) is 0 Å². The van der Waals surface area contributed by atoms with Crippen LogP contribution in [0.2, 0.25) is 0 Å². The van der Waals surface area contributed by atoms with Crippen molar-refractivity contribution in [2.24, 2.45) is 5.73 Å². The van der Waals surface area contributed by atoms with Gasteiger partial charge in [-0.1, -0.05) is 12.1 Å². The van der Waals surface area contributed by atoms with E-state index in [1.807, 2.05) is 23.9 Å². The second-order valence-corrected chi connectivity index (χ2v) is 6.15. The summed E-state index contributed by atoms with van der Waals surface area (Å²) in [6.45, 7) is 2.27. The first kappa shape index (κ1) is 11.8. The van der Waals surface area contributed by atoms with Crippen LogP contribution in [0.5, 0.6) is 5.75 Å². The Kier molecular flexibility index (Phi) is 3.45. The summed E-state index contributed by atoms with van der Waals surface area (Å²) in [5.41, 5.74) is 7.56. The monoisotopic (exact) mass is 237 g/mol. The molecule has 1 aromatic rings. The number of nitrogens with two attached hydrogens (primary N) is 1. The summed E-state index contributed by atoms with van der Waals surface area (Å²) >= 11 is 2.00. The lowest BCUT2D eigenvalue weighted by molar-refractivity contribution is 0.412. The lowest BCUT2D eigenvalue weighted by Gasteiger charge is -2.30. The van der Waals surface area contributed by atoms with E-state index in [0.717, 1.165) is 5.75 Å². The van der Waals surface area contributed by atoms with E-state index in [4.69, 9.17) is 10.5 Å². The van der Waals surface area contributed by atoms with Crippen molar-refractivity contribution in [3.8, 4) is 5.75 Å². The third-order valence-electron chi connectivity index (χ3n) is 3.36. The van der Waals surface area contributed by atoms with Crippen LogP contribution in [0.15, 0.2) is 24.3 Å². The van der Waals surface area contributed by atoms with Crippen molar-refractivity contribution in [1.29, 1.82) is 0 Å². The molecule has 2 N–H and O–H groups in total. The fraction of sp³-hybridized carbons (Fsp3) is 0.538. The zero-order valence-corrected chi connectivity index (χ0v) is 10.7. The number of hydrogen-bond donors (Lipinski definition) is 1. The standard InChI is InChI=1S/C13H19NOS/c1-13(7-4-8-16-13)12(14)10-5-3-6-11(9-10)15-2/h3,5-6,9,12H,4,7-8,14H2,1-2H3. The van der Waals surface area contributed by atoms with Crippen LogP contribution < -0.4 is 10.5 Å². The second-order valence-electron chi connectivity index (χ2n) is 4.52. The molecule has 0 aliphatic carbocycles. The molecular formula is C13H19NOS. The van der Waals surface area contributed by atoms with Gasteiger partial charge in [-0.05, 0) is 43.2 Å². The SMILES string of the molecule is COc1cccc(C(N)C2(C)CCCS2)c1. The highest BCUT2D eigenvalue weighted by Gasteiger charge is 2.36. The van der Waals surface area contributed by atoms with Crippen molar-refractivity contribution >= 4 is 11.8 Å². The lowest BCUT2D eigenvalue weighted by atomic mass is 9.91. The van der Waals surface area contributed by atoms with Gasteiger partial charge in [0, 0.05) is 10.8 Å². The Morgan fingerprint density at radius 1 is 1.50 bits per heavy atom. The van der Waals surface area contributed by atoms with Crippen LogP contribution in [0.3, 0.4) is 0 Å². The molecule has 1 aromatic carbocycles. The molecule has 1 saturated heterocycles. The van der Waals surface area contributed by atoms with Crippen LogP contribution >= 0.6 is 11.8 Å². The molecule has 2 unspecified atom stereocenters. The van der Waals surface area contributed by atoms with Crippen molar-refractivity contribution in [2.45, 2.75) is 30.6 Å². The van der Waals surface area contributed by atoms with Crippen molar-refractivity contribution in [3.05, 3.63) is 29.8 Å². The lowest BCUT2D eigenvalue weighted by Crippen LogP contribution is -2.33. The molecule has 16 heavy (non-hydrogen) atoms. The highest BCUT2D eigenvalue weighted by atomic mass is 32.2. The van der Waals surface area contributed by atoms with Crippen LogP contribution in [0.25, 0.3) is 0 Å². The minimum Gasteiger partial charge on any atom is -0.497 e. The quantitative estimate of drug-likeness (QED) is 0.877. The molecule has 2 atom stereocenters. The van der Waals surface area contributed by atoms with Gasteiger partial charge in [-0.2, -0.15) is 11.8 Å². The normalized spacial score (nSPS) is 26.7. The molecular weight excluding hydrogens is 218 g/mol.